The Bertz CT molecular complexity index is 944. The van der Waals surface area contributed by atoms with Crippen LogP contribution in [0.5, 0.6) is 0 Å². The summed E-state index contributed by atoms with van der Waals surface area (Å²) >= 11 is 0. The molecule has 0 radical (unpaired) electrons. The topological polar surface area (TPSA) is 66.5 Å². The fourth-order valence-electron chi connectivity index (χ4n) is 3.28. The van der Waals surface area contributed by atoms with Crippen LogP contribution >= 0.6 is 0 Å². The number of carbonyl (C=O) groups is 1. The van der Waals surface area contributed by atoms with E-state index >= 15 is 0 Å². The molecule has 0 spiro atoms. The van der Waals surface area contributed by atoms with Gasteiger partial charge < -0.3 is 4.90 Å². The summed E-state index contributed by atoms with van der Waals surface area (Å²) in [5.41, 5.74) is 3.22. The monoisotopic (exact) mass is 390 g/mol. The first kappa shape index (κ1) is 19.5. The molecular formula is C20H23FN2O3S. The smallest absolute Gasteiger partial charge is 0.227 e. The van der Waals surface area contributed by atoms with Crippen LogP contribution in [0.15, 0.2) is 42.5 Å². The Hall–Kier alpha value is -2.25. The van der Waals surface area contributed by atoms with Gasteiger partial charge in [0.1, 0.15) is 5.82 Å². The van der Waals surface area contributed by atoms with E-state index in [2.05, 4.69) is 4.72 Å². The van der Waals surface area contributed by atoms with Crippen LogP contribution in [-0.4, -0.2) is 20.9 Å². The Kier molecular flexibility index (Phi) is 5.92. The number of rotatable bonds is 7. The van der Waals surface area contributed by atoms with Gasteiger partial charge in [0.05, 0.1) is 5.75 Å². The van der Waals surface area contributed by atoms with Gasteiger partial charge in [-0.2, -0.15) is 0 Å². The lowest BCUT2D eigenvalue weighted by Crippen LogP contribution is -2.35. The van der Waals surface area contributed by atoms with E-state index in [0.29, 0.717) is 24.9 Å². The number of carbonyl (C=O) groups excluding carboxylic acids is 1. The lowest BCUT2D eigenvalue weighted by Gasteiger charge is -2.29. The molecule has 0 saturated carbocycles. The lowest BCUT2D eigenvalue weighted by molar-refractivity contribution is -0.118. The minimum atomic E-state index is -3.58. The van der Waals surface area contributed by atoms with E-state index in [1.165, 1.54) is 18.2 Å². The van der Waals surface area contributed by atoms with Gasteiger partial charge in [0.15, 0.2) is 0 Å². The maximum Gasteiger partial charge on any atom is 0.227 e. The van der Waals surface area contributed by atoms with Gasteiger partial charge in [-0.05, 0) is 47.7 Å². The average Bonchev–Trinajstić information content (AvgIpc) is 2.62. The van der Waals surface area contributed by atoms with Crippen LogP contribution in [-0.2, 0) is 33.5 Å². The molecule has 144 valence electrons. The van der Waals surface area contributed by atoms with E-state index in [4.69, 9.17) is 0 Å². The van der Waals surface area contributed by atoms with Gasteiger partial charge in [-0.1, -0.05) is 31.2 Å². The molecule has 0 unspecified atom stereocenters. The summed E-state index contributed by atoms with van der Waals surface area (Å²) in [6, 6.07) is 11.3. The Labute approximate surface area is 159 Å². The maximum absolute atomic E-state index is 13.2. The molecule has 0 saturated heterocycles. The first-order valence-electron chi connectivity index (χ1n) is 9.02. The van der Waals surface area contributed by atoms with Crippen molar-refractivity contribution in [3.8, 4) is 0 Å². The van der Waals surface area contributed by atoms with E-state index < -0.39 is 15.8 Å². The second kappa shape index (κ2) is 8.19. The highest BCUT2D eigenvalue weighted by Gasteiger charge is 2.23. The number of nitrogens with one attached hydrogen (secondary N) is 1. The Morgan fingerprint density at radius 2 is 1.93 bits per heavy atom. The third kappa shape index (κ3) is 4.93. The zero-order valence-electron chi connectivity index (χ0n) is 15.2. The molecule has 3 rings (SSSR count). The quantitative estimate of drug-likeness (QED) is 0.790. The molecule has 0 fully saturated rings. The molecule has 5 nitrogen and oxygen atoms in total. The number of nitrogens with zero attached hydrogens (tertiary/aromatic N) is 1. The molecule has 1 N–H and O–H groups in total. The van der Waals surface area contributed by atoms with Gasteiger partial charge in [0.25, 0.3) is 0 Å². The van der Waals surface area contributed by atoms with E-state index in [9.17, 15) is 17.6 Å². The number of sulfonamides is 1. The Morgan fingerprint density at radius 3 is 2.67 bits per heavy atom. The highest BCUT2D eigenvalue weighted by atomic mass is 32.2. The first-order chi connectivity index (χ1) is 12.9. The normalized spacial score (nSPS) is 14.3. The number of fused-ring (bicyclic) bond motifs is 1. The largest absolute Gasteiger partial charge is 0.312 e. The summed E-state index contributed by atoms with van der Waals surface area (Å²) in [7, 11) is -3.58. The molecule has 2 aromatic rings. The molecule has 2 aromatic carbocycles. The van der Waals surface area contributed by atoms with Gasteiger partial charge in [-0.25, -0.2) is 17.5 Å². The van der Waals surface area contributed by atoms with Crippen LogP contribution in [0.25, 0.3) is 0 Å². The predicted molar refractivity (Wildman–Crippen MR) is 103 cm³/mol. The van der Waals surface area contributed by atoms with Crippen molar-refractivity contribution >= 4 is 21.6 Å². The molecular weight excluding hydrogens is 367 g/mol. The third-order valence-electron chi connectivity index (χ3n) is 4.53. The average molecular weight is 390 g/mol. The van der Waals surface area contributed by atoms with Crippen LogP contribution in [0.3, 0.4) is 0 Å². The van der Waals surface area contributed by atoms with Crippen molar-refractivity contribution in [3.05, 3.63) is 65.0 Å². The molecule has 1 aliphatic heterocycles. The molecule has 1 heterocycles. The van der Waals surface area contributed by atoms with E-state index in [1.54, 1.807) is 11.0 Å². The van der Waals surface area contributed by atoms with Crippen LogP contribution in [0.2, 0.25) is 0 Å². The molecule has 0 aromatic heterocycles. The van der Waals surface area contributed by atoms with E-state index in [-0.39, 0.29) is 18.2 Å². The zero-order valence-corrected chi connectivity index (χ0v) is 16.1. The second-order valence-electron chi connectivity index (χ2n) is 6.72. The summed E-state index contributed by atoms with van der Waals surface area (Å²) in [5, 5.41) is 0. The number of aryl methyl sites for hydroxylation is 1. The molecule has 0 bridgehead atoms. The fraction of sp³-hybridized carbons (Fsp3) is 0.350. The van der Waals surface area contributed by atoms with Crippen molar-refractivity contribution in [2.45, 2.75) is 38.5 Å². The van der Waals surface area contributed by atoms with Gasteiger partial charge in [-0.15, -0.1) is 0 Å². The van der Waals surface area contributed by atoms with Gasteiger partial charge in [0, 0.05) is 25.2 Å². The van der Waals surface area contributed by atoms with Crippen LogP contribution in [0.4, 0.5) is 10.1 Å². The summed E-state index contributed by atoms with van der Waals surface area (Å²) in [6.45, 7) is 2.88. The number of amides is 1. The SMILES string of the molecule is CCCN1C(=O)CCc2cc(CNS(=O)(=O)Cc3cccc(F)c3)ccc21. The van der Waals surface area contributed by atoms with Crippen molar-refractivity contribution in [3.63, 3.8) is 0 Å². The van der Waals surface area contributed by atoms with E-state index in [0.717, 1.165) is 23.2 Å². The molecule has 0 atom stereocenters. The molecule has 1 aliphatic rings. The summed E-state index contributed by atoms with van der Waals surface area (Å²) in [5.74, 6) is -0.592. The Balaban J connectivity index is 1.69. The summed E-state index contributed by atoms with van der Waals surface area (Å²) < 4.78 is 40.3. The van der Waals surface area contributed by atoms with Crippen LogP contribution in [0, 0.1) is 5.82 Å². The lowest BCUT2D eigenvalue weighted by atomic mass is 9.98. The number of benzene rings is 2. The summed E-state index contributed by atoms with van der Waals surface area (Å²) in [6.07, 6.45) is 2.02. The van der Waals surface area contributed by atoms with Crippen molar-refractivity contribution in [1.82, 2.24) is 4.72 Å². The third-order valence-corrected chi connectivity index (χ3v) is 5.83. The van der Waals surface area contributed by atoms with Crippen molar-refractivity contribution in [2.24, 2.45) is 0 Å². The summed E-state index contributed by atoms with van der Waals surface area (Å²) in [4.78, 5) is 13.9. The molecule has 1 amide bonds. The Morgan fingerprint density at radius 1 is 1.11 bits per heavy atom. The second-order valence-corrected chi connectivity index (χ2v) is 8.53. The maximum atomic E-state index is 13.2. The van der Waals surface area contributed by atoms with E-state index in [1.807, 2.05) is 25.1 Å². The van der Waals surface area contributed by atoms with Crippen LogP contribution in [0.1, 0.15) is 36.5 Å². The number of hydrogen-bond acceptors (Lipinski definition) is 3. The minimum Gasteiger partial charge on any atom is -0.312 e. The standard InChI is InChI=1S/C20H23FN2O3S/c1-2-10-23-19-8-6-15(11-17(19)7-9-20(23)24)13-22-27(25,26)14-16-4-3-5-18(21)12-16/h3-6,8,11-12,22H,2,7,9-10,13-14H2,1H3. The molecule has 0 aliphatic carbocycles. The van der Waals surface area contributed by atoms with Crippen molar-refractivity contribution in [2.75, 3.05) is 11.4 Å². The predicted octanol–water partition coefficient (Wildman–Crippen LogP) is 3.13. The highest BCUT2D eigenvalue weighted by molar-refractivity contribution is 7.88. The highest BCUT2D eigenvalue weighted by Crippen LogP contribution is 2.29. The van der Waals surface area contributed by atoms with Gasteiger partial charge >= 0.3 is 0 Å². The number of halogens is 1. The van der Waals surface area contributed by atoms with Gasteiger partial charge in [0.2, 0.25) is 15.9 Å². The molecule has 27 heavy (non-hydrogen) atoms. The number of hydrogen-bond donors (Lipinski definition) is 1. The minimum absolute atomic E-state index is 0.132. The molecule has 7 heteroatoms. The van der Waals surface area contributed by atoms with Crippen LogP contribution < -0.4 is 9.62 Å². The zero-order chi connectivity index (χ0) is 19.4. The first-order valence-corrected chi connectivity index (χ1v) is 10.7. The van der Waals surface area contributed by atoms with Crippen molar-refractivity contribution < 1.29 is 17.6 Å². The van der Waals surface area contributed by atoms with Gasteiger partial charge in [-0.3, -0.25) is 4.79 Å². The number of anilines is 1. The van der Waals surface area contributed by atoms with Crippen molar-refractivity contribution in [1.29, 1.82) is 0 Å². The fourth-order valence-corrected chi connectivity index (χ4v) is 4.39.